The third-order valence-corrected chi connectivity index (χ3v) is 9.97. The summed E-state index contributed by atoms with van der Waals surface area (Å²) in [5.74, 6) is -0.894. The number of quaternary nitrogens is 1. The van der Waals surface area contributed by atoms with Crippen molar-refractivity contribution in [3.05, 3.63) is 60.8 Å². The smallest absolute Gasteiger partial charge is 0.306 e. The second-order valence-electron chi connectivity index (χ2n) is 15.7. The van der Waals surface area contributed by atoms with Crippen LogP contribution in [0.1, 0.15) is 168 Å². The highest BCUT2D eigenvalue weighted by Gasteiger charge is 2.21. The summed E-state index contributed by atoms with van der Waals surface area (Å²) in [7, 11) is 1.13. The van der Waals surface area contributed by atoms with Crippen LogP contribution in [-0.4, -0.2) is 70.0 Å². The number of allylic oxidation sites excluding steroid dienone is 10. The minimum absolute atomic E-state index is 0.0420. The molecule has 0 aromatic heterocycles. The SMILES string of the molecule is CCCCC/C=C/C/C=C/C/C=C/C/C=C/CCCCCC(=O)O[C@H](COC(=O)CCCCC/C=C/CCCCCCCC)COP(=O)([O-])OCC[N+](C)(C)C. The lowest BCUT2D eigenvalue weighted by Crippen LogP contribution is -2.37. The molecule has 0 saturated heterocycles. The zero-order valence-electron chi connectivity index (χ0n) is 36.3. The number of carbonyl (C=O) groups is 2. The molecule has 0 aliphatic heterocycles. The van der Waals surface area contributed by atoms with Gasteiger partial charge in [-0.15, -0.1) is 0 Å². The Hall–Kier alpha value is -2.29. The molecule has 0 aromatic carbocycles. The number of nitrogens with zero attached hydrogens (tertiary/aromatic N) is 1. The van der Waals surface area contributed by atoms with Crippen LogP contribution in [0.15, 0.2) is 60.8 Å². The highest BCUT2D eigenvalue weighted by molar-refractivity contribution is 7.45. The predicted octanol–water partition coefficient (Wildman–Crippen LogP) is 11.8. The van der Waals surface area contributed by atoms with E-state index in [1.807, 2.05) is 21.1 Å². The molecule has 0 heterocycles. The van der Waals surface area contributed by atoms with Crippen LogP contribution in [0.5, 0.6) is 0 Å². The van der Waals surface area contributed by atoms with E-state index in [0.717, 1.165) is 64.2 Å². The van der Waals surface area contributed by atoms with E-state index in [1.165, 1.54) is 64.2 Å². The Kier molecular flexibility index (Phi) is 36.7. The number of unbranched alkanes of at least 4 members (excludes halogenated alkanes) is 15. The van der Waals surface area contributed by atoms with Gasteiger partial charge in [-0.1, -0.05) is 132 Å². The van der Waals surface area contributed by atoms with E-state index in [9.17, 15) is 19.0 Å². The summed E-state index contributed by atoms with van der Waals surface area (Å²) >= 11 is 0. The lowest BCUT2D eigenvalue weighted by Gasteiger charge is -2.28. The van der Waals surface area contributed by atoms with Gasteiger partial charge in [-0.2, -0.15) is 0 Å². The van der Waals surface area contributed by atoms with Crippen molar-refractivity contribution in [2.45, 2.75) is 174 Å². The van der Waals surface area contributed by atoms with Crippen molar-refractivity contribution < 1.29 is 42.1 Å². The van der Waals surface area contributed by atoms with Crippen molar-refractivity contribution in [2.24, 2.45) is 0 Å². The monoisotopic (exact) mass is 808 g/mol. The summed E-state index contributed by atoms with van der Waals surface area (Å²) in [6.07, 6.45) is 45.3. The number of likely N-dealkylation sites (N-methyl/N-ethyl adjacent to an activating group) is 1. The fourth-order valence-corrected chi connectivity index (χ4v) is 6.24. The third kappa shape index (κ3) is 41.3. The van der Waals surface area contributed by atoms with Crippen LogP contribution in [0.3, 0.4) is 0 Å². The lowest BCUT2D eigenvalue weighted by molar-refractivity contribution is -0.870. The lowest BCUT2D eigenvalue weighted by atomic mass is 10.1. The van der Waals surface area contributed by atoms with Gasteiger partial charge in [0.25, 0.3) is 7.82 Å². The molecule has 0 N–H and O–H groups in total. The van der Waals surface area contributed by atoms with Gasteiger partial charge in [-0.25, -0.2) is 0 Å². The summed E-state index contributed by atoms with van der Waals surface area (Å²) in [6.45, 7) is 4.12. The van der Waals surface area contributed by atoms with E-state index < -0.39 is 32.5 Å². The predicted molar refractivity (Wildman–Crippen MR) is 231 cm³/mol. The molecule has 0 saturated carbocycles. The first-order chi connectivity index (χ1) is 27.0. The standard InChI is InChI=1S/C46H82NO8P/c1-6-8-10-12-14-16-18-20-21-22-23-24-25-27-29-31-33-35-37-39-46(49)55-44(43-54-56(50,51)53-41-40-47(3,4)5)42-52-45(48)38-36-34-32-30-28-26-19-17-15-13-11-9-7-2/h14,16,20-21,23-24,26-29,44H,6-13,15,17-19,22,25,30-43H2,1-5H3/b16-14+,21-20+,24-23+,28-26+,29-27+/t44-/m1/s1. The number of hydrogen-bond donors (Lipinski definition) is 0. The average Bonchev–Trinajstić information content (AvgIpc) is 3.15. The first-order valence-electron chi connectivity index (χ1n) is 22.0. The topological polar surface area (TPSA) is 111 Å². The molecular weight excluding hydrogens is 725 g/mol. The molecule has 0 aliphatic carbocycles. The van der Waals surface area contributed by atoms with E-state index in [1.54, 1.807) is 0 Å². The maximum Gasteiger partial charge on any atom is 0.306 e. The molecule has 0 bridgehead atoms. The van der Waals surface area contributed by atoms with Crippen molar-refractivity contribution in [1.29, 1.82) is 0 Å². The second-order valence-corrected chi connectivity index (χ2v) is 17.1. The zero-order chi connectivity index (χ0) is 41.4. The second kappa shape index (κ2) is 38.2. The van der Waals surface area contributed by atoms with Crippen LogP contribution in [-0.2, 0) is 32.7 Å². The summed E-state index contributed by atoms with van der Waals surface area (Å²) < 4.78 is 33.8. The van der Waals surface area contributed by atoms with E-state index >= 15 is 0 Å². The number of carbonyl (C=O) groups excluding carboxylic acids is 2. The van der Waals surface area contributed by atoms with E-state index in [-0.39, 0.29) is 26.1 Å². The molecule has 56 heavy (non-hydrogen) atoms. The maximum absolute atomic E-state index is 12.7. The number of ether oxygens (including phenoxy) is 2. The van der Waals surface area contributed by atoms with Crippen LogP contribution < -0.4 is 4.89 Å². The Bertz CT molecular complexity index is 1140. The molecule has 0 aromatic rings. The Morgan fingerprint density at radius 3 is 1.48 bits per heavy atom. The molecule has 324 valence electrons. The first-order valence-corrected chi connectivity index (χ1v) is 23.5. The van der Waals surface area contributed by atoms with Crippen molar-refractivity contribution in [2.75, 3.05) is 47.5 Å². The summed E-state index contributed by atoms with van der Waals surface area (Å²) in [5.41, 5.74) is 0. The molecular formula is C46H82NO8P. The highest BCUT2D eigenvalue weighted by atomic mass is 31.2. The number of phosphoric acid groups is 1. The van der Waals surface area contributed by atoms with Crippen molar-refractivity contribution >= 4 is 19.8 Å². The van der Waals surface area contributed by atoms with Gasteiger partial charge in [-0.05, 0) is 83.5 Å². The number of hydrogen-bond acceptors (Lipinski definition) is 8. The Labute approximate surface area is 343 Å². The molecule has 0 spiro atoms. The Morgan fingerprint density at radius 2 is 0.964 bits per heavy atom. The maximum atomic E-state index is 12.7. The van der Waals surface area contributed by atoms with E-state index in [4.69, 9.17) is 18.5 Å². The highest BCUT2D eigenvalue weighted by Crippen LogP contribution is 2.38. The van der Waals surface area contributed by atoms with Crippen LogP contribution in [0.4, 0.5) is 0 Å². The minimum Gasteiger partial charge on any atom is -0.756 e. The molecule has 10 heteroatoms. The number of phosphoric ester groups is 1. The van der Waals surface area contributed by atoms with E-state index in [2.05, 4.69) is 74.6 Å². The Morgan fingerprint density at radius 1 is 0.554 bits per heavy atom. The van der Waals surface area contributed by atoms with Gasteiger partial charge in [0.15, 0.2) is 6.10 Å². The molecule has 0 aliphatic rings. The molecule has 2 atom stereocenters. The van der Waals surface area contributed by atoms with Crippen molar-refractivity contribution in [1.82, 2.24) is 0 Å². The average molecular weight is 808 g/mol. The fourth-order valence-electron chi connectivity index (χ4n) is 5.51. The molecule has 1 unspecified atom stereocenters. The largest absolute Gasteiger partial charge is 0.756 e. The molecule has 0 radical (unpaired) electrons. The van der Waals surface area contributed by atoms with Gasteiger partial charge in [0.05, 0.1) is 27.7 Å². The summed E-state index contributed by atoms with van der Waals surface area (Å²) in [6, 6.07) is 0. The third-order valence-electron chi connectivity index (χ3n) is 9.01. The van der Waals surface area contributed by atoms with Crippen LogP contribution in [0.2, 0.25) is 0 Å². The summed E-state index contributed by atoms with van der Waals surface area (Å²) in [5, 5.41) is 0. The molecule has 0 fully saturated rings. The van der Waals surface area contributed by atoms with Crippen LogP contribution >= 0.6 is 7.82 Å². The van der Waals surface area contributed by atoms with Gasteiger partial charge < -0.3 is 27.9 Å². The van der Waals surface area contributed by atoms with Crippen LogP contribution in [0.25, 0.3) is 0 Å². The first kappa shape index (κ1) is 53.7. The number of esters is 2. The molecule has 9 nitrogen and oxygen atoms in total. The van der Waals surface area contributed by atoms with Gasteiger partial charge >= 0.3 is 11.9 Å². The quantitative estimate of drug-likeness (QED) is 0.0198. The summed E-state index contributed by atoms with van der Waals surface area (Å²) in [4.78, 5) is 37.5. The van der Waals surface area contributed by atoms with Gasteiger partial charge in [0.1, 0.15) is 19.8 Å². The van der Waals surface area contributed by atoms with Crippen molar-refractivity contribution in [3.8, 4) is 0 Å². The number of rotatable bonds is 39. The minimum atomic E-state index is -4.64. The van der Waals surface area contributed by atoms with Gasteiger partial charge in [-0.3, -0.25) is 14.2 Å². The van der Waals surface area contributed by atoms with Gasteiger partial charge in [0.2, 0.25) is 0 Å². The Balaban J connectivity index is 4.46. The van der Waals surface area contributed by atoms with Gasteiger partial charge in [0, 0.05) is 12.8 Å². The molecule has 0 rings (SSSR count). The molecule has 0 amide bonds. The normalized spacial score (nSPS) is 14.2. The van der Waals surface area contributed by atoms with Crippen molar-refractivity contribution in [3.63, 3.8) is 0 Å². The van der Waals surface area contributed by atoms with E-state index in [0.29, 0.717) is 23.9 Å². The zero-order valence-corrected chi connectivity index (χ0v) is 37.2. The fraction of sp³-hybridized carbons (Fsp3) is 0.739. The van der Waals surface area contributed by atoms with Crippen LogP contribution in [0, 0.1) is 0 Å².